The fourth-order valence-electron chi connectivity index (χ4n) is 2.27. The lowest BCUT2D eigenvalue weighted by Gasteiger charge is -2.14. The first-order valence-electron chi connectivity index (χ1n) is 5.90. The quantitative estimate of drug-likeness (QED) is 0.836. The van der Waals surface area contributed by atoms with Gasteiger partial charge in [0.1, 0.15) is 5.52 Å². The lowest BCUT2D eigenvalue weighted by atomic mass is 10.1. The van der Waals surface area contributed by atoms with E-state index in [4.69, 9.17) is 21.1 Å². The number of aromatic nitrogens is 2. The Kier molecular flexibility index (Phi) is 3.06. The molecule has 18 heavy (non-hydrogen) atoms. The second-order valence-corrected chi connectivity index (χ2v) is 4.65. The van der Waals surface area contributed by atoms with Gasteiger partial charge in [0.05, 0.1) is 23.8 Å². The lowest BCUT2D eigenvalue weighted by Crippen LogP contribution is -2.01. The van der Waals surface area contributed by atoms with Crippen LogP contribution in [-0.4, -0.2) is 23.7 Å². The minimum absolute atomic E-state index is 0.0163. The third-order valence-electron chi connectivity index (χ3n) is 3.14. The Bertz CT molecular complexity index is 582. The van der Waals surface area contributed by atoms with E-state index in [0.717, 1.165) is 36.0 Å². The van der Waals surface area contributed by atoms with Gasteiger partial charge in [-0.25, -0.2) is 4.98 Å². The van der Waals surface area contributed by atoms with Crippen LogP contribution in [0.5, 0.6) is 5.88 Å². The molecule has 1 aliphatic heterocycles. The number of nitrogens with zero attached hydrogens (tertiary/aromatic N) is 2. The summed E-state index contributed by atoms with van der Waals surface area (Å²) in [7, 11) is 1.60. The molecule has 1 atom stereocenters. The summed E-state index contributed by atoms with van der Waals surface area (Å²) in [5.74, 6) is 0.561. The van der Waals surface area contributed by atoms with Crippen LogP contribution in [0.15, 0.2) is 18.3 Å². The fraction of sp³-hybridized carbons (Fsp3) is 0.385. The van der Waals surface area contributed by atoms with Gasteiger partial charge in [-0.2, -0.15) is 0 Å². The van der Waals surface area contributed by atoms with Crippen LogP contribution in [0.3, 0.4) is 0 Å². The maximum absolute atomic E-state index is 6.26. The number of fused-ring (bicyclic) bond motifs is 1. The SMILES string of the molecule is COc1ccc2ncc(Cl)c(C3CCCO3)c2n1. The van der Waals surface area contributed by atoms with Gasteiger partial charge in [-0.1, -0.05) is 11.6 Å². The maximum Gasteiger partial charge on any atom is 0.213 e. The first-order valence-corrected chi connectivity index (χ1v) is 6.28. The van der Waals surface area contributed by atoms with Crippen LogP contribution in [0.4, 0.5) is 0 Å². The van der Waals surface area contributed by atoms with Gasteiger partial charge in [0, 0.05) is 24.4 Å². The minimum Gasteiger partial charge on any atom is -0.481 e. The first kappa shape index (κ1) is 11.7. The highest BCUT2D eigenvalue weighted by molar-refractivity contribution is 6.32. The Morgan fingerprint density at radius 3 is 3.06 bits per heavy atom. The zero-order chi connectivity index (χ0) is 12.5. The number of hydrogen-bond acceptors (Lipinski definition) is 4. The standard InChI is InChI=1S/C13H13ClN2O2/c1-17-11-5-4-9-13(16-11)12(8(14)7-15-9)10-3-2-6-18-10/h4-5,7,10H,2-3,6H2,1H3. The molecule has 2 aromatic heterocycles. The number of halogens is 1. The molecule has 0 amide bonds. The van der Waals surface area contributed by atoms with Crippen LogP contribution in [0.1, 0.15) is 24.5 Å². The molecular formula is C13H13ClN2O2. The third-order valence-corrected chi connectivity index (χ3v) is 3.44. The van der Waals surface area contributed by atoms with Crippen LogP contribution in [0.25, 0.3) is 11.0 Å². The molecule has 4 nitrogen and oxygen atoms in total. The number of ether oxygens (including phenoxy) is 2. The van der Waals surface area contributed by atoms with Gasteiger partial charge in [-0.05, 0) is 18.9 Å². The zero-order valence-corrected chi connectivity index (χ0v) is 10.8. The smallest absolute Gasteiger partial charge is 0.213 e. The maximum atomic E-state index is 6.26. The summed E-state index contributed by atoms with van der Waals surface area (Å²) in [5, 5.41) is 0.607. The highest BCUT2D eigenvalue weighted by atomic mass is 35.5. The average molecular weight is 265 g/mol. The summed E-state index contributed by atoms with van der Waals surface area (Å²) in [4.78, 5) is 8.73. The summed E-state index contributed by atoms with van der Waals surface area (Å²) in [5.41, 5.74) is 2.51. The van der Waals surface area contributed by atoms with Gasteiger partial charge in [-0.15, -0.1) is 0 Å². The summed E-state index contributed by atoms with van der Waals surface area (Å²) < 4.78 is 10.9. The summed E-state index contributed by atoms with van der Waals surface area (Å²) in [6.45, 7) is 0.773. The van der Waals surface area contributed by atoms with Crippen LogP contribution in [-0.2, 0) is 4.74 Å². The van der Waals surface area contributed by atoms with E-state index in [2.05, 4.69) is 9.97 Å². The molecule has 0 aromatic carbocycles. The molecule has 0 aliphatic carbocycles. The molecule has 0 radical (unpaired) electrons. The highest BCUT2D eigenvalue weighted by Gasteiger charge is 2.24. The van der Waals surface area contributed by atoms with Crippen molar-refractivity contribution >= 4 is 22.6 Å². The Balaban J connectivity index is 2.22. The predicted molar refractivity (Wildman–Crippen MR) is 69.0 cm³/mol. The number of pyridine rings is 2. The molecule has 1 saturated heterocycles. The van der Waals surface area contributed by atoms with Crippen molar-refractivity contribution in [2.45, 2.75) is 18.9 Å². The second kappa shape index (κ2) is 4.71. The molecule has 94 valence electrons. The number of hydrogen-bond donors (Lipinski definition) is 0. The van der Waals surface area contributed by atoms with E-state index in [1.54, 1.807) is 19.4 Å². The molecule has 2 aromatic rings. The molecule has 3 heterocycles. The van der Waals surface area contributed by atoms with E-state index in [-0.39, 0.29) is 6.10 Å². The van der Waals surface area contributed by atoms with Gasteiger partial charge in [0.15, 0.2) is 0 Å². The van der Waals surface area contributed by atoms with Gasteiger partial charge in [0.25, 0.3) is 0 Å². The fourth-order valence-corrected chi connectivity index (χ4v) is 2.53. The van der Waals surface area contributed by atoms with Crippen molar-refractivity contribution < 1.29 is 9.47 Å². The van der Waals surface area contributed by atoms with E-state index >= 15 is 0 Å². The second-order valence-electron chi connectivity index (χ2n) is 4.24. The van der Waals surface area contributed by atoms with Crippen molar-refractivity contribution in [1.29, 1.82) is 0 Å². The average Bonchev–Trinajstić information content (AvgIpc) is 2.91. The van der Waals surface area contributed by atoms with Crippen molar-refractivity contribution in [2.75, 3.05) is 13.7 Å². The summed E-state index contributed by atoms with van der Waals surface area (Å²) >= 11 is 6.26. The highest BCUT2D eigenvalue weighted by Crippen LogP contribution is 2.37. The normalized spacial score (nSPS) is 19.3. The topological polar surface area (TPSA) is 44.2 Å². The molecule has 0 saturated carbocycles. The monoisotopic (exact) mass is 264 g/mol. The van der Waals surface area contributed by atoms with Crippen molar-refractivity contribution in [2.24, 2.45) is 0 Å². The van der Waals surface area contributed by atoms with Crippen LogP contribution in [0.2, 0.25) is 5.02 Å². The van der Waals surface area contributed by atoms with Crippen LogP contribution >= 0.6 is 11.6 Å². The Hall–Kier alpha value is -1.39. The lowest BCUT2D eigenvalue weighted by molar-refractivity contribution is 0.113. The van der Waals surface area contributed by atoms with Crippen LogP contribution in [0, 0.1) is 0 Å². The van der Waals surface area contributed by atoms with Crippen molar-refractivity contribution in [1.82, 2.24) is 9.97 Å². The van der Waals surface area contributed by atoms with Crippen molar-refractivity contribution in [3.05, 3.63) is 28.9 Å². The van der Waals surface area contributed by atoms with Gasteiger partial charge in [-0.3, -0.25) is 4.98 Å². The minimum atomic E-state index is 0.0163. The number of methoxy groups -OCH3 is 1. The van der Waals surface area contributed by atoms with Gasteiger partial charge >= 0.3 is 0 Å². The zero-order valence-electron chi connectivity index (χ0n) is 10.0. The van der Waals surface area contributed by atoms with E-state index < -0.39 is 0 Å². The van der Waals surface area contributed by atoms with E-state index in [1.807, 2.05) is 6.07 Å². The van der Waals surface area contributed by atoms with E-state index in [1.165, 1.54) is 0 Å². The van der Waals surface area contributed by atoms with E-state index in [9.17, 15) is 0 Å². The molecule has 1 fully saturated rings. The summed E-state index contributed by atoms with van der Waals surface area (Å²) in [6.07, 6.45) is 3.70. The molecule has 1 aliphatic rings. The Labute approximate surface area is 110 Å². The largest absolute Gasteiger partial charge is 0.481 e. The third kappa shape index (κ3) is 1.91. The summed E-state index contributed by atoms with van der Waals surface area (Å²) in [6, 6.07) is 3.68. The van der Waals surface area contributed by atoms with Crippen molar-refractivity contribution in [3.8, 4) is 5.88 Å². The first-order chi connectivity index (χ1) is 8.79. The predicted octanol–water partition coefficient (Wildman–Crippen LogP) is 3.14. The van der Waals surface area contributed by atoms with Crippen molar-refractivity contribution in [3.63, 3.8) is 0 Å². The number of rotatable bonds is 2. The molecule has 0 spiro atoms. The Morgan fingerprint density at radius 2 is 2.33 bits per heavy atom. The van der Waals surface area contributed by atoms with E-state index in [0.29, 0.717) is 10.9 Å². The Morgan fingerprint density at radius 1 is 1.44 bits per heavy atom. The molecule has 0 N–H and O–H groups in total. The molecular weight excluding hydrogens is 252 g/mol. The van der Waals surface area contributed by atoms with Gasteiger partial charge in [0.2, 0.25) is 5.88 Å². The molecule has 0 bridgehead atoms. The molecule has 5 heteroatoms. The molecule has 3 rings (SSSR count). The van der Waals surface area contributed by atoms with Gasteiger partial charge < -0.3 is 9.47 Å². The van der Waals surface area contributed by atoms with Crippen LogP contribution < -0.4 is 4.74 Å². The molecule has 1 unspecified atom stereocenters.